The molecule has 0 aromatic heterocycles. The number of methoxy groups -OCH3 is 1. The zero-order valence-electron chi connectivity index (χ0n) is 11.0. The maximum Gasteiger partial charge on any atom is 0.0785 e. The molecule has 3 heteroatoms. The molecule has 0 heterocycles. The number of rotatable bonds is 6. The van der Waals surface area contributed by atoms with Crippen molar-refractivity contribution < 1.29 is 9.84 Å². The highest BCUT2D eigenvalue weighted by Crippen LogP contribution is 2.35. The summed E-state index contributed by atoms with van der Waals surface area (Å²) in [7, 11) is 1.63. The van der Waals surface area contributed by atoms with Crippen molar-refractivity contribution >= 4 is 0 Å². The van der Waals surface area contributed by atoms with Crippen LogP contribution in [-0.2, 0) is 4.74 Å². The third kappa shape index (κ3) is 4.40. The standard InChI is InChI=1S/C13H27NO2/c1-13(2)8-5-4-6-12(13)14-9-7-11(15)10-16-3/h11-12,14-15H,4-10H2,1-3H3. The number of hydrogen-bond acceptors (Lipinski definition) is 3. The highest BCUT2D eigenvalue weighted by atomic mass is 16.5. The average Bonchev–Trinajstić information content (AvgIpc) is 2.21. The lowest BCUT2D eigenvalue weighted by molar-refractivity contribution is 0.0568. The van der Waals surface area contributed by atoms with Gasteiger partial charge in [0, 0.05) is 13.2 Å². The molecule has 0 bridgehead atoms. The Kier molecular flexibility index (Phi) is 5.73. The number of aliphatic hydroxyl groups is 1. The van der Waals surface area contributed by atoms with Crippen LogP contribution in [-0.4, -0.2) is 37.5 Å². The van der Waals surface area contributed by atoms with Crippen LogP contribution in [0.1, 0.15) is 46.0 Å². The first-order chi connectivity index (χ1) is 7.56. The Morgan fingerprint density at radius 2 is 2.19 bits per heavy atom. The summed E-state index contributed by atoms with van der Waals surface area (Å²) in [5, 5.41) is 13.1. The van der Waals surface area contributed by atoms with E-state index in [1.165, 1.54) is 25.7 Å². The first-order valence-corrected chi connectivity index (χ1v) is 6.46. The normalized spacial score (nSPS) is 26.6. The van der Waals surface area contributed by atoms with Crippen LogP contribution >= 0.6 is 0 Å². The van der Waals surface area contributed by atoms with E-state index in [9.17, 15) is 5.11 Å². The molecule has 2 atom stereocenters. The monoisotopic (exact) mass is 229 g/mol. The summed E-state index contributed by atoms with van der Waals surface area (Å²) in [5.74, 6) is 0. The van der Waals surface area contributed by atoms with E-state index in [2.05, 4.69) is 19.2 Å². The third-order valence-electron chi connectivity index (χ3n) is 3.73. The van der Waals surface area contributed by atoms with Gasteiger partial charge >= 0.3 is 0 Å². The minimum absolute atomic E-state index is 0.329. The van der Waals surface area contributed by atoms with Crippen LogP contribution in [0.4, 0.5) is 0 Å². The first-order valence-electron chi connectivity index (χ1n) is 6.46. The van der Waals surface area contributed by atoms with Gasteiger partial charge in [0.15, 0.2) is 0 Å². The Balaban J connectivity index is 2.20. The van der Waals surface area contributed by atoms with Crippen LogP contribution in [0, 0.1) is 5.41 Å². The molecule has 1 fully saturated rings. The zero-order valence-corrected chi connectivity index (χ0v) is 11.0. The van der Waals surface area contributed by atoms with Gasteiger partial charge in [-0.25, -0.2) is 0 Å². The molecule has 0 spiro atoms. The lowest BCUT2D eigenvalue weighted by atomic mass is 9.73. The van der Waals surface area contributed by atoms with Crippen molar-refractivity contribution in [2.75, 3.05) is 20.3 Å². The van der Waals surface area contributed by atoms with Crippen molar-refractivity contribution in [2.24, 2.45) is 5.41 Å². The quantitative estimate of drug-likeness (QED) is 0.731. The highest BCUT2D eigenvalue weighted by molar-refractivity contribution is 4.87. The summed E-state index contributed by atoms with van der Waals surface area (Å²) in [5.41, 5.74) is 0.407. The van der Waals surface area contributed by atoms with Gasteiger partial charge in [-0.2, -0.15) is 0 Å². The maximum atomic E-state index is 9.54. The smallest absolute Gasteiger partial charge is 0.0785 e. The van der Waals surface area contributed by atoms with Gasteiger partial charge in [0.25, 0.3) is 0 Å². The Hall–Kier alpha value is -0.120. The topological polar surface area (TPSA) is 41.5 Å². The molecule has 16 heavy (non-hydrogen) atoms. The molecule has 1 rings (SSSR count). The number of aliphatic hydroxyl groups excluding tert-OH is 1. The summed E-state index contributed by atoms with van der Waals surface area (Å²) in [6.07, 6.45) is 5.72. The van der Waals surface area contributed by atoms with E-state index in [1.54, 1.807) is 7.11 Å². The highest BCUT2D eigenvalue weighted by Gasteiger charge is 2.31. The van der Waals surface area contributed by atoms with Crippen LogP contribution in [0.15, 0.2) is 0 Å². The second-order valence-electron chi connectivity index (χ2n) is 5.64. The Labute approximate surface area is 99.6 Å². The lowest BCUT2D eigenvalue weighted by Crippen LogP contribution is -2.45. The Morgan fingerprint density at radius 1 is 1.44 bits per heavy atom. The summed E-state index contributed by atoms with van der Waals surface area (Å²) in [6, 6.07) is 0.607. The van der Waals surface area contributed by atoms with E-state index in [0.29, 0.717) is 18.1 Å². The Bertz CT molecular complexity index is 194. The van der Waals surface area contributed by atoms with Gasteiger partial charge in [-0.1, -0.05) is 26.7 Å². The molecule has 0 radical (unpaired) electrons. The molecule has 2 N–H and O–H groups in total. The molecule has 0 aromatic carbocycles. The second-order valence-corrected chi connectivity index (χ2v) is 5.64. The molecule has 96 valence electrons. The molecule has 0 aliphatic heterocycles. The van der Waals surface area contributed by atoms with E-state index in [-0.39, 0.29) is 6.10 Å². The first kappa shape index (κ1) is 13.9. The molecule has 0 amide bonds. The van der Waals surface area contributed by atoms with Crippen molar-refractivity contribution in [2.45, 2.75) is 58.1 Å². The molecule has 1 aliphatic carbocycles. The SMILES string of the molecule is COCC(O)CCNC1CCCCC1(C)C. The van der Waals surface area contributed by atoms with Gasteiger partial charge in [-0.15, -0.1) is 0 Å². The molecule has 0 saturated heterocycles. The van der Waals surface area contributed by atoms with Gasteiger partial charge < -0.3 is 15.2 Å². The molecule has 1 saturated carbocycles. The van der Waals surface area contributed by atoms with Crippen molar-refractivity contribution in [3.8, 4) is 0 Å². The van der Waals surface area contributed by atoms with E-state index in [0.717, 1.165) is 13.0 Å². The van der Waals surface area contributed by atoms with Crippen molar-refractivity contribution in [1.82, 2.24) is 5.32 Å². The van der Waals surface area contributed by atoms with Gasteiger partial charge in [0.1, 0.15) is 0 Å². The molecule has 1 aliphatic rings. The van der Waals surface area contributed by atoms with Gasteiger partial charge in [-0.05, 0) is 31.2 Å². The van der Waals surface area contributed by atoms with Crippen LogP contribution in [0.3, 0.4) is 0 Å². The Morgan fingerprint density at radius 3 is 2.81 bits per heavy atom. The minimum Gasteiger partial charge on any atom is -0.391 e. The van der Waals surface area contributed by atoms with Crippen molar-refractivity contribution in [1.29, 1.82) is 0 Å². The van der Waals surface area contributed by atoms with E-state index >= 15 is 0 Å². The fourth-order valence-corrected chi connectivity index (χ4v) is 2.57. The van der Waals surface area contributed by atoms with E-state index in [1.807, 2.05) is 0 Å². The van der Waals surface area contributed by atoms with Crippen molar-refractivity contribution in [3.63, 3.8) is 0 Å². The predicted octanol–water partition coefficient (Wildman–Crippen LogP) is 1.94. The molecule has 3 nitrogen and oxygen atoms in total. The van der Waals surface area contributed by atoms with Crippen LogP contribution < -0.4 is 5.32 Å². The summed E-state index contributed by atoms with van der Waals surface area (Å²) >= 11 is 0. The van der Waals surface area contributed by atoms with Crippen LogP contribution in [0.5, 0.6) is 0 Å². The number of nitrogens with one attached hydrogen (secondary N) is 1. The van der Waals surface area contributed by atoms with Crippen LogP contribution in [0.2, 0.25) is 0 Å². The fraction of sp³-hybridized carbons (Fsp3) is 1.00. The number of ether oxygens (including phenoxy) is 1. The molecule has 0 aromatic rings. The summed E-state index contributed by atoms with van der Waals surface area (Å²) in [4.78, 5) is 0. The summed E-state index contributed by atoms with van der Waals surface area (Å²) < 4.78 is 4.91. The molecule has 2 unspecified atom stereocenters. The number of hydrogen-bond donors (Lipinski definition) is 2. The average molecular weight is 229 g/mol. The fourth-order valence-electron chi connectivity index (χ4n) is 2.57. The van der Waals surface area contributed by atoms with Crippen LogP contribution in [0.25, 0.3) is 0 Å². The van der Waals surface area contributed by atoms with Gasteiger partial charge in [0.05, 0.1) is 12.7 Å². The van der Waals surface area contributed by atoms with Crippen molar-refractivity contribution in [3.05, 3.63) is 0 Å². The molecular formula is C13H27NO2. The molecular weight excluding hydrogens is 202 g/mol. The van der Waals surface area contributed by atoms with Gasteiger partial charge in [-0.3, -0.25) is 0 Å². The summed E-state index contributed by atoms with van der Waals surface area (Å²) in [6.45, 7) is 6.01. The zero-order chi connectivity index (χ0) is 12.0. The maximum absolute atomic E-state index is 9.54. The van der Waals surface area contributed by atoms with Gasteiger partial charge in [0.2, 0.25) is 0 Å². The van der Waals surface area contributed by atoms with E-state index < -0.39 is 0 Å². The second kappa shape index (κ2) is 6.58. The largest absolute Gasteiger partial charge is 0.391 e. The predicted molar refractivity (Wildman–Crippen MR) is 66.5 cm³/mol. The third-order valence-corrected chi connectivity index (χ3v) is 3.73. The van der Waals surface area contributed by atoms with E-state index in [4.69, 9.17) is 4.74 Å². The lowest BCUT2D eigenvalue weighted by Gasteiger charge is -2.39. The minimum atomic E-state index is -0.329.